The Bertz CT molecular complexity index is 333. The average Bonchev–Trinajstić information content (AvgIpc) is 2.19. The van der Waals surface area contributed by atoms with Crippen LogP contribution in [0.15, 0.2) is 8.95 Å². The molecule has 0 atom stereocenters. The molecule has 0 saturated heterocycles. The largest absolute Gasteiger partial charge is 0.504 e. The van der Waals surface area contributed by atoms with E-state index >= 15 is 0 Å². The second kappa shape index (κ2) is 4.53. The maximum Gasteiger partial charge on any atom is 0.162 e. The number of halogens is 2. The maximum absolute atomic E-state index is 9.71. The molecule has 0 fully saturated rings. The lowest BCUT2D eigenvalue weighted by atomic mass is 10.1. The van der Waals surface area contributed by atoms with Crippen molar-refractivity contribution in [1.82, 2.24) is 0 Å². The van der Waals surface area contributed by atoms with Gasteiger partial charge in [-0.3, -0.25) is 0 Å². The lowest BCUT2D eigenvalue weighted by Gasteiger charge is -2.12. The molecule has 0 aliphatic rings. The fraction of sp³-hybridized carbons (Fsp3) is 0.400. The number of aromatic hydroxyl groups is 2. The molecule has 1 aromatic carbocycles. The SMILES string of the molecule is CCCc1c(O)c(O)c(C)c(Br)c1Br. The molecule has 0 aromatic heterocycles. The molecule has 0 amide bonds. The van der Waals surface area contributed by atoms with Gasteiger partial charge in [-0.25, -0.2) is 0 Å². The minimum absolute atomic E-state index is 0.0144. The topological polar surface area (TPSA) is 40.5 Å². The minimum Gasteiger partial charge on any atom is -0.504 e. The Balaban J connectivity index is 3.43. The van der Waals surface area contributed by atoms with Gasteiger partial charge in [-0.05, 0) is 45.2 Å². The van der Waals surface area contributed by atoms with Crippen molar-refractivity contribution in [2.75, 3.05) is 0 Å². The Morgan fingerprint density at radius 3 is 2.14 bits per heavy atom. The van der Waals surface area contributed by atoms with Crippen LogP contribution in [0.5, 0.6) is 11.5 Å². The fourth-order valence-electron chi connectivity index (χ4n) is 1.30. The summed E-state index contributed by atoms with van der Waals surface area (Å²) in [6.07, 6.45) is 1.65. The van der Waals surface area contributed by atoms with Gasteiger partial charge in [0, 0.05) is 20.1 Å². The molecular weight excluding hydrogens is 312 g/mol. The first-order chi connectivity index (χ1) is 6.50. The summed E-state index contributed by atoms with van der Waals surface area (Å²) in [6, 6.07) is 0. The maximum atomic E-state index is 9.71. The lowest BCUT2D eigenvalue weighted by molar-refractivity contribution is 0.395. The number of hydrogen-bond acceptors (Lipinski definition) is 2. The van der Waals surface area contributed by atoms with E-state index in [1.807, 2.05) is 6.92 Å². The number of phenolic OH excluding ortho intramolecular Hbond substituents is 2. The van der Waals surface area contributed by atoms with Gasteiger partial charge in [0.25, 0.3) is 0 Å². The highest BCUT2D eigenvalue weighted by Crippen LogP contribution is 2.43. The zero-order valence-electron chi connectivity index (χ0n) is 8.06. The standard InChI is InChI=1S/C10H12Br2O2/c1-3-4-6-8(12)7(11)5(2)9(13)10(6)14/h13-14H,3-4H2,1-2H3. The van der Waals surface area contributed by atoms with Gasteiger partial charge < -0.3 is 10.2 Å². The Labute approximate surface area is 100 Å². The van der Waals surface area contributed by atoms with Gasteiger partial charge in [0.15, 0.2) is 11.5 Å². The van der Waals surface area contributed by atoms with Crippen molar-refractivity contribution in [3.05, 3.63) is 20.1 Å². The van der Waals surface area contributed by atoms with Crippen LogP contribution in [0.2, 0.25) is 0 Å². The second-order valence-electron chi connectivity index (χ2n) is 3.18. The normalized spacial score (nSPS) is 10.6. The molecule has 0 aliphatic heterocycles. The molecule has 2 nitrogen and oxygen atoms in total. The quantitative estimate of drug-likeness (QED) is 0.811. The van der Waals surface area contributed by atoms with Crippen LogP contribution in [0.4, 0.5) is 0 Å². The highest BCUT2D eigenvalue weighted by Gasteiger charge is 2.17. The van der Waals surface area contributed by atoms with E-state index in [0.717, 1.165) is 27.4 Å². The fourth-order valence-corrected chi connectivity index (χ4v) is 2.41. The number of hydrogen-bond donors (Lipinski definition) is 2. The molecule has 2 N–H and O–H groups in total. The summed E-state index contributed by atoms with van der Waals surface area (Å²) in [7, 11) is 0. The Morgan fingerprint density at radius 2 is 1.64 bits per heavy atom. The van der Waals surface area contributed by atoms with Crippen LogP contribution in [0.3, 0.4) is 0 Å². The van der Waals surface area contributed by atoms with Crippen LogP contribution in [0, 0.1) is 6.92 Å². The van der Waals surface area contributed by atoms with E-state index in [1.54, 1.807) is 6.92 Å². The molecule has 0 heterocycles. The first kappa shape index (κ1) is 11.9. The van der Waals surface area contributed by atoms with E-state index in [2.05, 4.69) is 31.9 Å². The van der Waals surface area contributed by atoms with Gasteiger partial charge in [0.05, 0.1) is 0 Å². The van der Waals surface area contributed by atoms with Crippen molar-refractivity contribution in [3.63, 3.8) is 0 Å². The molecule has 1 rings (SSSR count). The summed E-state index contributed by atoms with van der Waals surface area (Å²) in [5.41, 5.74) is 1.40. The van der Waals surface area contributed by atoms with Gasteiger partial charge in [0.1, 0.15) is 0 Å². The summed E-state index contributed by atoms with van der Waals surface area (Å²) >= 11 is 6.77. The van der Waals surface area contributed by atoms with Crippen molar-refractivity contribution in [1.29, 1.82) is 0 Å². The third-order valence-corrected chi connectivity index (χ3v) is 4.55. The van der Waals surface area contributed by atoms with Gasteiger partial charge in [0.2, 0.25) is 0 Å². The predicted molar refractivity (Wildman–Crippen MR) is 63.9 cm³/mol. The second-order valence-corrected chi connectivity index (χ2v) is 4.76. The van der Waals surface area contributed by atoms with E-state index in [0.29, 0.717) is 5.56 Å². The van der Waals surface area contributed by atoms with Crippen molar-refractivity contribution >= 4 is 31.9 Å². The summed E-state index contributed by atoms with van der Waals surface area (Å²) in [5, 5.41) is 19.3. The molecule has 0 unspecified atom stereocenters. The summed E-state index contributed by atoms with van der Waals surface area (Å²) in [4.78, 5) is 0. The third-order valence-electron chi connectivity index (χ3n) is 2.15. The lowest BCUT2D eigenvalue weighted by Crippen LogP contribution is -1.91. The van der Waals surface area contributed by atoms with Crippen molar-refractivity contribution in [2.45, 2.75) is 26.7 Å². The Hall–Kier alpha value is -0.220. The third kappa shape index (κ3) is 1.91. The monoisotopic (exact) mass is 322 g/mol. The molecule has 0 spiro atoms. The minimum atomic E-state index is -0.0384. The average molecular weight is 324 g/mol. The zero-order valence-corrected chi connectivity index (χ0v) is 11.2. The summed E-state index contributed by atoms with van der Waals surface area (Å²) < 4.78 is 1.63. The van der Waals surface area contributed by atoms with E-state index < -0.39 is 0 Å². The first-order valence-electron chi connectivity index (χ1n) is 4.39. The van der Waals surface area contributed by atoms with Crippen LogP contribution in [-0.4, -0.2) is 10.2 Å². The van der Waals surface area contributed by atoms with Crippen LogP contribution in [0.1, 0.15) is 24.5 Å². The molecule has 0 radical (unpaired) electrons. The molecule has 1 aromatic rings. The van der Waals surface area contributed by atoms with Gasteiger partial charge in [-0.2, -0.15) is 0 Å². The number of rotatable bonds is 2. The highest BCUT2D eigenvalue weighted by atomic mass is 79.9. The highest BCUT2D eigenvalue weighted by molar-refractivity contribution is 9.13. The van der Waals surface area contributed by atoms with Gasteiger partial charge in [-0.1, -0.05) is 13.3 Å². The van der Waals surface area contributed by atoms with Crippen molar-refractivity contribution in [2.24, 2.45) is 0 Å². The first-order valence-corrected chi connectivity index (χ1v) is 5.97. The molecule has 0 bridgehead atoms. The molecule has 14 heavy (non-hydrogen) atoms. The zero-order chi connectivity index (χ0) is 10.9. The molecule has 0 aliphatic carbocycles. The number of phenols is 2. The van der Waals surface area contributed by atoms with E-state index in [9.17, 15) is 10.2 Å². The van der Waals surface area contributed by atoms with Crippen molar-refractivity contribution < 1.29 is 10.2 Å². The van der Waals surface area contributed by atoms with Crippen LogP contribution in [-0.2, 0) is 6.42 Å². The van der Waals surface area contributed by atoms with Gasteiger partial charge >= 0.3 is 0 Å². The molecule has 0 saturated carbocycles. The van der Waals surface area contributed by atoms with Crippen LogP contribution < -0.4 is 0 Å². The Kier molecular flexibility index (Phi) is 3.84. The van der Waals surface area contributed by atoms with Crippen molar-refractivity contribution in [3.8, 4) is 11.5 Å². The molecule has 78 valence electrons. The predicted octanol–water partition coefficient (Wildman–Crippen LogP) is 3.88. The van der Waals surface area contributed by atoms with E-state index in [-0.39, 0.29) is 11.5 Å². The van der Waals surface area contributed by atoms with E-state index in [1.165, 1.54) is 0 Å². The molecule has 4 heteroatoms. The summed E-state index contributed by atoms with van der Waals surface area (Å²) in [5.74, 6) is -0.0528. The van der Waals surface area contributed by atoms with Crippen LogP contribution >= 0.6 is 31.9 Å². The molecular formula is C10H12Br2O2. The van der Waals surface area contributed by atoms with Gasteiger partial charge in [-0.15, -0.1) is 0 Å². The number of benzene rings is 1. The smallest absolute Gasteiger partial charge is 0.162 e. The Morgan fingerprint density at radius 1 is 1.07 bits per heavy atom. The summed E-state index contributed by atoms with van der Waals surface area (Å²) in [6.45, 7) is 3.77. The van der Waals surface area contributed by atoms with E-state index in [4.69, 9.17) is 0 Å². The van der Waals surface area contributed by atoms with Crippen LogP contribution in [0.25, 0.3) is 0 Å².